The van der Waals surface area contributed by atoms with Crippen molar-refractivity contribution in [1.29, 1.82) is 0 Å². The zero-order valence-electron chi connectivity index (χ0n) is 18.8. The number of benzene rings is 3. The lowest BCUT2D eigenvalue weighted by atomic mass is 10.0. The molecule has 1 saturated heterocycles. The predicted molar refractivity (Wildman–Crippen MR) is 131 cm³/mol. The molecule has 5 rings (SSSR count). The van der Waals surface area contributed by atoms with Crippen LogP contribution in [0.1, 0.15) is 22.3 Å². The van der Waals surface area contributed by atoms with Crippen molar-refractivity contribution in [1.82, 2.24) is 14.8 Å². The molecule has 0 bridgehead atoms. The van der Waals surface area contributed by atoms with Gasteiger partial charge in [-0.05, 0) is 60.0 Å². The first kappa shape index (κ1) is 21.9. The number of hydrogen-bond donors (Lipinski definition) is 1. The molecule has 34 heavy (non-hydrogen) atoms. The third-order valence-electron chi connectivity index (χ3n) is 6.48. The average molecular weight is 456 g/mol. The van der Waals surface area contributed by atoms with Crippen LogP contribution in [-0.4, -0.2) is 52.8 Å². The number of rotatable bonds is 5. The summed E-state index contributed by atoms with van der Waals surface area (Å²) in [7, 11) is 0. The summed E-state index contributed by atoms with van der Waals surface area (Å²) in [6.45, 7) is 2.15. The number of aromatic amines is 1. The number of carbonyl (C=O) groups is 2. The second kappa shape index (κ2) is 9.51. The number of H-pyrrole nitrogens is 1. The third kappa shape index (κ3) is 4.44. The molecule has 1 N–H and O–H groups in total. The fourth-order valence-electron chi connectivity index (χ4n) is 4.63. The van der Waals surface area contributed by atoms with Gasteiger partial charge in [-0.1, -0.05) is 36.4 Å². The number of hydrogen-bond acceptors (Lipinski definition) is 2. The van der Waals surface area contributed by atoms with E-state index in [4.69, 9.17) is 0 Å². The summed E-state index contributed by atoms with van der Waals surface area (Å²) in [5.74, 6) is -0.181. The lowest BCUT2D eigenvalue weighted by Crippen LogP contribution is -2.50. The second-order valence-electron chi connectivity index (χ2n) is 8.57. The summed E-state index contributed by atoms with van der Waals surface area (Å²) < 4.78 is 13.5. The Morgan fingerprint density at radius 2 is 1.44 bits per heavy atom. The summed E-state index contributed by atoms with van der Waals surface area (Å²) in [6.07, 6.45) is 0.960. The number of aromatic nitrogens is 1. The highest BCUT2D eigenvalue weighted by atomic mass is 19.1. The molecule has 0 radical (unpaired) electrons. The minimum Gasteiger partial charge on any atom is -0.354 e. The standard InChI is InChI=1S/C28H26FN3O2/c29-22-12-10-20(11-13-22)27-24(23-8-4-5-9-25(23)30-27)14-15-26(33)31-16-18-32(19-17-31)28(34)21-6-2-1-3-7-21/h1-13,30H,14-19H2. The van der Waals surface area contributed by atoms with E-state index >= 15 is 0 Å². The third-order valence-corrected chi connectivity index (χ3v) is 6.48. The molecule has 4 aromatic rings. The molecule has 1 aliphatic heterocycles. The van der Waals surface area contributed by atoms with Crippen LogP contribution in [0.3, 0.4) is 0 Å². The van der Waals surface area contributed by atoms with Crippen molar-refractivity contribution in [3.05, 3.63) is 95.8 Å². The number of amides is 2. The molecule has 5 nitrogen and oxygen atoms in total. The number of fused-ring (bicyclic) bond motifs is 1. The lowest BCUT2D eigenvalue weighted by Gasteiger charge is -2.35. The first-order valence-corrected chi connectivity index (χ1v) is 11.6. The summed E-state index contributed by atoms with van der Waals surface area (Å²) in [6, 6.07) is 23.7. The molecule has 0 unspecified atom stereocenters. The van der Waals surface area contributed by atoms with Crippen LogP contribution < -0.4 is 0 Å². The molecule has 0 spiro atoms. The Morgan fingerprint density at radius 1 is 0.794 bits per heavy atom. The molecule has 2 heterocycles. The summed E-state index contributed by atoms with van der Waals surface area (Å²) >= 11 is 0. The van der Waals surface area contributed by atoms with Gasteiger partial charge in [0.1, 0.15) is 5.82 Å². The van der Waals surface area contributed by atoms with E-state index in [0.717, 1.165) is 27.7 Å². The van der Waals surface area contributed by atoms with Crippen molar-refractivity contribution < 1.29 is 14.0 Å². The van der Waals surface area contributed by atoms with Crippen molar-refractivity contribution in [3.8, 4) is 11.3 Å². The maximum absolute atomic E-state index is 13.5. The van der Waals surface area contributed by atoms with E-state index in [0.29, 0.717) is 44.6 Å². The van der Waals surface area contributed by atoms with Crippen LogP contribution in [0.15, 0.2) is 78.9 Å². The van der Waals surface area contributed by atoms with Crippen LogP contribution in [0.5, 0.6) is 0 Å². The lowest BCUT2D eigenvalue weighted by molar-refractivity contribution is -0.132. The Hall–Kier alpha value is -3.93. The average Bonchev–Trinajstić information content (AvgIpc) is 3.26. The van der Waals surface area contributed by atoms with E-state index < -0.39 is 0 Å². The predicted octanol–water partition coefficient (Wildman–Crippen LogP) is 4.89. The van der Waals surface area contributed by atoms with Gasteiger partial charge in [0.05, 0.1) is 0 Å². The Bertz CT molecular complexity index is 1310. The molecule has 0 saturated carbocycles. The van der Waals surface area contributed by atoms with Gasteiger partial charge in [0.2, 0.25) is 5.91 Å². The maximum Gasteiger partial charge on any atom is 0.253 e. The Morgan fingerprint density at radius 3 is 2.18 bits per heavy atom. The van der Waals surface area contributed by atoms with E-state index in [9.17, 15) is 14.0 Å². The Balaban J connectivity index is 1.26. The topological polar surface area (TPSA) is 56.4 Å². The molecule has 1 aliphatic rings. The second-order valence-corrected chi connectivity index (χ2v) is 8.57. The molecular formula is C28H26FN3O2. The monoisotopic (exact) mass is 455 g/mol. The van der Waals surface area contributed by atoms with Crippen molar-refractivity contribution in [2.75, 3.05) is 26.2 Å². The smallest absolute Gasteiger partial charge is 0.253 e. The van der Waals surface area contributed by atoms with Crippen LogP contribution in [0.4, 0.5) is 4.39 Å². The number of nitrogens with one attached hydrogen (secondary N) is 1. The van der Waals surface area contributed by atoms with Gasteiger partial charge in [0, 0.05) is 54.8 Å². The van der Waals surface area contributed by atoms with E-state index in [2.05, 4.69) is 4.98 Å². The fraction of sp³-hybridized carbons (Fsp3) is 0.214. The fourth-order valence-corrected chi connectivity index (χ4v) is 4.63. The summed E-state index contributed by atoms with van der Waals surface area (Å²) in [5, 5.41) is 1.08. The zero-order valence-corrected chi connectivity index (χ0v) is 18.8. The first-order valence-electron chi connectivity index (χ1n) is 11.6. The normalized spacial score (nSPS) is 13.9. The molecule has 2 amide bonds. The number of halogens is 1. The van der Waals surface area contributed by atoms with Crippen molar-refractivity contribution in [2.24, 2.45) is 0 Å². The number of nitrogens with zero attached hydrogens (tertiary/aromatic N) is 2. The highest BCUT2D eigenvalue weighted by Gasteiger charge is 2.25. The number of piperazine rings is 1. The van der Waals surface area contributed by atoms with Crippen LogP contribution in [0, 0.1) is 5.82 Å². The van der Waals surface area contributed by atoms with E-state index in [-0.39, 0.29) is 17.6 Å². The minimum atomic E-state index is -0.276. The van der Waals surface area contributed by atoms with Crippen LogP contribution in [-0.2, 0) is 11.2 Å². The largest absolute Gasteiger partial charge is 0.354 e. The molecular weight excluding hydrogens is 429 g/mol. The molecule has 172 valence electrons. The van der Waals surface area contributed by atoms with Crippen LogP contribution >= 0.6 is 0 Å². The minimum absolute atomic E-state index is 0.00966. The SMILES string of the molecule is O=C(CCc1c(-c2ccc(F)cc2)[nH]c2ccccc12)N1CCN(C(=O)c2ccccc2)CC1. The Kier molecular flexibility index (Phi) is 6.12. The van der Waals surface area contributed by atoms with Gasteiger partial charge in [0.25, 0.3) is 5.91 Å². The van der Waals surface area contributed by atoms with E-state index in [1.807, 2.05) is 64.4 Å². The molecule has 1 aromatic heterocycles. The molecule has 6 heteroatoms. The van der Waals surface area contributed by atoms with Gasteiger partial charge in [0.15, 0.2) is 0 Å². The number of aryl methyl sites for hydroxylation is 1. The van der Waals surface area contributed by atoms with Gasteiger partial charge < -0.3 is 14.8 Å². The number of para-hydroxylation sites is 1. The van der Waals surface area contributed by atoms with Gasteiger partial charge in [-0.3, -0.25) is 9.59 Å². The molecule has 1 fully saturated rings. The van der Waals surface area contributed by atoms with Crippen LogP contribution in [0.25, 0.3) is 22.2 Å². The Labute approximate surface area is 197 Å². The van der Waals surface area contributed by atoms with Gasteiger partial charge in [-0.25, -0.2) is 4.39 Å². The highest BCUT2D eigenvalue weighted by molar-refractivity contribution is 5.94. The van der Waals surface area contributed by atoms with Gasteiger partial charge in [-0.2, -0.15) is 0 Å². The summed E-state index contributed by atoms with van der Waals surface area (Å²) in [5.41, 5.74) is 4.56. The van der Waals surface area contributed by atoms with Crippen molar-refractivity contribution >= 4 is 22.7 Å². The zero-order chi connectivity index (χ0) is 23.5. The summed E-state index contributed by atoms with van der Waals surface area (Å²) in [4.78, 5) is 32.8. The van der Waals surface area contributed by atoms with Crippen molar-refractivity contribution in [2.45, 2.75) is 12.8 Å². The molecule has 3 aromatic carbocycles. The quantitative estimate of drug-likeness (QED) is 0.466. The van der Waals surface area contributed by atoms with E-state index in [1.165, 1.54) is 12.1 Å². The first-order chi connectivity index (χ1) is 16.6. The van der Waals surface area contributed by atoms with Crippen LogP contribution in [0.2, 0.25) is 0 Å². The maximum atomic E-state index is 13.5. The van der Waals surface area contributed by atoms with Crippen molar-refractivity contribution in [3.63, 3.8) is 0 Å². The van der Waals surface area contributed by atoms with Gasteiger partial charge >= 0.3 is 0 Å². The highest BCUT2D eigenvalue weighted by Crippen LogP contribution is 2.31. The van der Waals surface area contributed by atoms with E-state index in [1.54, 1.807) is 12.1 Å². The molecule has 0 aliphatic carbocycles. The van der Waals surface area contributed by atoms with Gasteiger partial charge in [-0.15, -0.1) is 0 Å². The molecule has 0 atom stereocenters. The number of carbonyl (C=O) groups excluding carboxylic acids is 2.